The highest BCUT2D eigenvalue weighted by molar-refractivity contribution is 6.07. The zero-order chi connectivity index (χ0) is 20.1. The molecule has 7 heteroatoms. The van der Waals surface area contributed by atoms with Crippen LogP contribution in [0.4, 0.5) is 18.9 Å². The Hall–Kier alpha value is -2.80. The molecule has 1 saturated heterocycles. The molecule has 0 atom stereocenters. The number of fused-ring (bicyclic) bond motifs is 5. The lowest BCUT2D eigenvalue weighted by atomic mass is 10.0. The summed E-state index contributed by atoms with van der Waals surface area (Å²) in [6.07, 6.45) is 1.74. The Morgan fingerprint density at radius 3 is 2.55 bits per heavy atom. The first-order valence-corrected chi connectivity index (χ1v) is 9.77. The quantitative estimate of drug-likeness (QED) is 0.515. The predicted octanol–water partition coefficient (Wildman–Crippen LogP) is 4.29. The van der Waals surface area contributed by atoms with Gasteiger partial charge in [0.15, 0.2) is 5.82 Å². The summed E-state index contributed by atoms with van der Waals surface area (Å²) >= 11 is 0. The number of benzene rings is 2. The Morgan fingerprint density at radius 2 is 1.79 bits per heavy atom. The molecule has 3 aliphatic rings. The standard InChI is InChI=1S/C22H21F3N4/c1-27-8-10-28(11-9-27)22-17(24)12-15-20-16(14-4-2-3-5-18(14)26-20)13-29(7-6-23)21(15)19(22)25/h2-5,12-13H,6-11H2,1H3. The SMILES string of the molecule is CN1CCN(c2c(F)cc3c4nc5ccccc5c-4cn(CCF)c3c2F)CC1. The molecule has 3 heterocycles. The molecular formula is C22H21F3N4. The second-order valence-corrected chi connectivity index (χ2v) is 7.61. The zero-order valence-electron chi connectivity index (χ0n) is 16.1. The van der Waals surface area contributed by atoms with Crippen LogP contribution in [0.15, 0.2) is 36.5 Å². The Balaban J connectivity index is 1.81. The molecule has 0 bridgehead atoms. The number of anilines is 1. The Morgan fingerprint density at radius 1 is 1.03 bits per heavy atom. The molecule has 0 N–H and O–H groups in total. The number of hydrogen-bond donors (Lipinski definition) is 0. The van der Waals surface area contributed by atoms with E-state index in [4.69, 9.17) is 0 Å². The van der Waals surface area contributed by atoms with Crippen molar-refractivity contribution in [3.8, 4) is 11.3 Å². The van der Waals surface area contributed by atoms with Crippen LogP contribution in [0.25, 0.3) is 33.1 Å². The van der Waals surface area contributed by atoms with E-state index in [0.717, 1.165) is 29.6 Å². The largest absolute Gasteiger partial charge is 0.364 e. The molecule has 2 aromatic rings. The van der Waals surface area contributed by atoms with Crippen molar-refractivity contribution in [2.75, 3.05) is 44.8 Å². The van der Waals surface area contributed by atoms with Crippen LogP contribution in [0.5, 0.6) is 0 Å². The van der Waals surface area contributed by atoms with E-state index in [1.807, 2.05) is 31.3 Å². The van der Waals surface area contributed by atoms with E-state index < -0.39 is 18.3 Å². The van der Waals surface area contributed by atoms with E-state index in [-0.39, 0.29) is 17.7 Å². The average molecular weight is 398 g/mol. The van der Waals surface area contributed by atoms with Crippen LogP contribution in [0.3, 0.4) is 0 Å². The molecule has 0 saturated carbocycles. The number of aryl methyl sites for hydroxylation is 1. The third-order valence-corrected chi connectivity index (χ3v) is 5.82. The van der Waals surface area contributed by atoms with Crippen LogP contribution in [-0.4, -0.2) is 54.4 Å². The molecule has 4 nitrogen and oxygen atoms in total. The molecule has 150 valence electrons. The molecule has 0 aromatic heterocycles. The van der Waals surface area contributed by atoms with Crippen molar-refractivity contribution in [1.29, 1.82) is 0 Å². The van der Waals surface area contributed by atoms with E-state index in [0.29, 0.717) is 24.2 Å². The normalized spacial score (nSPS) is 15.8. The number of pyridine rings is 1. The lowest BCUT2D eigenvalue weighted by Crippen LogP contribution is -2.45. The third-order valence-electron chi connectivity index (χ3n) is 5.82. The van der Waals surface area contributed by atoms with Gasteiger partial charge in [-0.25, -0.2) is 18.2 Å². The topological polar surface area (TPSA) is 24.3 Å². The highest BCUT2D eigenvalue weighted by Gasteiger charge is 2.27. The summed E-state index contributed by atoms with van der Waals surface area (Å²) in [6.45, 7) is 1.90. The number of halogens is 3. The van der Waals surface area contributed by atoms with Gasteiger partial charge in [-0.1, -0.05) is 18.2 Å². The van der Waals surface area contributed by atoms with Crippen LogP contribution in [-0.2, 0) is 6.54 Å². The van der Waals surface area contributed by atoms with Crippen LogP contribution in [0.2, 0.25) is 0 Å². The van der Waals surface area contributed by atoms with Crippen molar-refractivity contribution >= 4 is 27.5 Å². The molecule has 5 rings (SSSR count). The molecule has 0 unspecified atom stereocenters. The number of hydrogen-bond acceptors (Lipinski definition) is 3. The van der Waals surface area contributed by atoms with Crippen molar-refractivity contribution in [1.82, 2.24) is 14.5 Å². The van der Waals surface area contributed by atoms with Gasteiger partial charge in [-0.3, -0.25) is 0 Å². The number of aromatic nitrogens is 2. The van der Waals surface area contributed by atoms with Gasteiger partial charge in [0.2, 0.25) is 0 Å². The highest BCUT2D eigenvalue weighted by atomic mass is 19.1. The monoisotopic (exact) mass is 398 g/mol. The first-order chi connectivity index (χ1) is 14.1. The smallest absolute Gasteiger partial charge is 0.173 e. The van der Waals surface area contributed by atoms with E-state index in [2.05, 4.69) is 9.88 Å². The Bertz CT molecular complexity index is 1180. The van der Waals surface area contributed by atoms with Crippen molar-refractivity contribution < 1.29 is 13.2 Å². The maximum atomic E-state index is 15.7. The van der Waals surface area contributed by atoms with E-state index in [9.17, 15) is 4.39 Å². The number of likely N-dealkylation sites (N-methyl/N-ethyl adjacent to an activating group) is 1. The van der Waals surface area contributed by atoms with E-state index in [1.54, 1.807) is 15.7 Å². The van der Waals surface area contributed by atoms with Crippen LogP contribution in [0, 0.1) is 11.6 Å². The lowest BCUT2D eigenvalue weighted by molar-refractivity contribution is 0.310. The summed E-state index contributed by atoms with van der Waals surface area (Å²) in [5.74, 6) is -1.25. The lowest BCUT2D eigenvalue weighted by Gasteiger charge is -2.34. The molecule has 0 spiro atoms. The number of rotatable bonds is 3. The first-order valence-electron chi connectivity index (χ1n) is 9.77. The van der Waals surface area contributed by atoms with Gasteiger partial charge in [-0.15, -0.1) is 0 Å². The van der Waals surface area contributed by atoms with Crippen LogP contribution in [0.1, 0.15) is 0 Å². The van der Waals surface area contributed by atoms with Gasteiger partial charge in [0.1, 0.15) is 18.2 Å². The van der Waals surface area contributed by atoms with Crippen molar-refractivity contribution in [2.45, 2.75) is 6.54 Å². The average Bonchev–Trinajstić information content (AvgIpc) is 3.08. The van der Waals surface area contributed by atoms with Gasteiger partial charge >= 0.3 is 0 Å². The molecule has 0 aliphatic carbocycles. The fraction of sp³-hybridized carbons (Fsp3) is 0.318. The van der Waals surface area contributed by atoms with E-state index in [1.165, 1.54) is 6.07 Å². The van der Waals surface area contributed by atoms with Gasteiger partial charge in [0.25, 0.3) is 0 Å². The minimum Gasteiger partial charge on any atom is -0.364 e. The van der Waals surface area contributed by atoms with Crippen LogP contribution < -0.4 is 4.90 Å². The first kappa shape index (κ1) is 18.2. The number of nitrogens with zero attached hydrogens (tertiary/aromatic N) is 4. The van der Waals surface area contributed by atoms with Crippen molar-refractivity contribution in [3.63, 3.8) is 0 Å². The van der Waals surface area contributed by atoms with Crippen LogP contribution >= 0.6 is 0 Å². The van der Waals surface area contributed by atoms with Gasteiger partial charge in [0, 0.05) is 48.7 Å². The van der Waals surface area contributed by atoms with Gasteiger partial charge < -0.3 is 14.4 Å². The summed E-state index contributed by atoms with van der Waals surface area (Å²) < 4.78 is 45.7. The number of piperazine rings is 1. The molecular weight excluding hydrogens is 377 g/mol. The van der Waals surface area contributed by atoms with Gasteiger partial charge in [0.05, 0.1) is 23.3 Å². The second-order valence-electron chi connectivity index (χ2n) is 7.61. The third kappa shape index (κ3) is 2.83. The predicted molar refractivity (Wildman–Crippen MR) is 109 cm³/mol. The summed E-state index contributed by atoms with van der Waals surface area (Å²) in [5, 5.41) is 1.26. The number of alkyl halides is 1. The Labute approximate surface area is 166 Å². The molecule has 0 amide bonds. The van der Waals surface area contributed by atoms with Gasteiger partial charge in [-0.05, 0) is 19.2 Å². The number of para-hydroxylation sites is 1. The minimum atomic E-state index is -0.646. The maximum Gasteiger partial charge on any atom is 0.173 e. The molecule has 2 aromatic carbocycles. The Kier molecular flexibility index (Phi) is 4.35. The summed E-state index contributed by atoms with van der Waals surface area (Å²) in [7, 11) is 1.99. The summed E-state index contributed by atoms with van der Waals surface area (Å²) in [6, 6.07) is 8.91. The zero-order valence-corrected chi connectivity index (χ0v) is 16.1. The molecule has 0 radical (unpaired) electrons. The summed E-state index contributed by atoms with van der Waals surface area (Å²) in [5.41, 5.74) is 2.24. The molecule has 1 fully saturated rings. The minimum absolute atomic E-state index is 0.00330. The van der Waals surface area contributed by atoms with E-state index >= 15 is 8.78 Å². The van der Waals surface area contributed by atoms with Crippen molar-refractivity contribution in [3.05, 3.63) is 48.2 Å². The molecule has 29 heavy (non-hydrogen) atoms. The fourth-order valence-corrected chi connectivity index (χ4v) is 4.31. The fourth-order valence-electron chi connectivity index (χ4n) is 4.31. The highest BCUT2D eigenvalue weighted by Crippen LogP contribution is 2.40. The summed E-state index contributed by atoms with van der Waals surface area (Å²) in [4.78, 5) is 8.48. The maximum absolute atomic E-state index is 15.7. The van der Waals surface area contributed by atoms with Gasteiger partial charge in [-0.2, -0.15) is 0 Å². The molecule has 3 aliphatic heterocycles. The van der Waals surface area contributed by atoms with Crippen molar-refractivity contribution in [2.24, 2.45) is 0 Å². The second kappa shape index (κ2) is 6.91.